The van der Waals surface area contributed by atoms with Crippen molar-refractivity contribution in [3.8, 4) is 6.01 Å². The second-order valence-corrected chi connectivity index (χ2v) is 5.69. The minimum absolute atomic E-state index is 0.219. The van der Waals surface area contributed by atoms with Crippen LogP contribution in [0.2, 0.25) is 0 Å². The average Bonchev–Trinajstić information content (AvgIpc) is 2.43. The molecular weight excluding hydrogens is 268 g/mol. The standard InChI is InChI=1S/C14H26N6O/c1-5-9-21-13-18-11(15-2)17-12(19-13)16-10-14(20(3)4)7-6-8-14/h5-10H2,1-4H3,(H2,15,16,17,18,19). The van der Waals surface area contributed by atoms with Crippen molar-refractivity contribution >= 4 is 11.9 Å². The van der Waals surface area contributed by atoms with Gasteiger partial charge in [0.25, 0.3) is 0 Å². The van der Waals surface area contributed by atoms with E-state index in [1.54, 1.807) is 7.05 Å². The summed E-state index contributed by atoms with van der Waals surface area (Å²) in [6.45, 7) is 3.49. The van der Waals surface area contributed by atoms with E-state index in [-0.39, 0.29) is 5.54 Å². The maximum absolute atomic E-state index is 5.51. The predicted molar refractivity (Wildman–Crippen MR) is 83.9 cm³/mol. The Morgan fingerprint density at radius 2 is 1.90 bits per heavy atom. The molecule has 1 aliphatic carbocycles. The van der Waals surface area contributed by atoms with E-state index in [0.717, 1.165) is 13.0 Å². The summed E-state index contributed by atoms with van der Waals surface area (Å²) in [6.07, 6.45) is 4.61. The summed E-state index contributed by atoms with van der Waals surface area (Å²) in [5, 5.41) is 6.28. The van der Waals surface area contributed by atoms with E-state index < -0.39 is 0 Å². The zero-order chi connectivity index (χ0) is 15.3. The molecule has 7 heteroatoms. The average molecular weight is 294 g/mol. The fraction of sp³-hybridized carbons (Fsp3) is 0.786. The van der Waals surface area contributed by atoms with Crippen LogP contribution in [0.3, 0.4) is 0 Å². The smallest absolute Gasteiger partial charge is 0.323 e. The van der Waals surface area contributed by atoms with Crippen LogP contribution in [0.5, 0.6) is 6.01 Å². The van der Waals surface area contributed by atoms with Crippen molar-refractivity contribution in [1.82, 2.24) is 19.9 Å². The summed E-state index contributed by atoms with van der Waals surface area (Å²) < 4.78 is 5.51. The topological polar surface area (TPSA) is 75.2 Å². The Bertz CT molecular complexity index is 461. The fourth-order valence-electron chi connectivity index (χ4n) is 2.42. The van der Waals surface area contributed by atoms with Crippen molar-refractivity contribution in [1.29, 1.82) is 0 Å². The lowest BCUT2D eigenvalue weighted by Crippen LogP contribution is -2.54. The lowest BCUT2D eigenvalue weighted by molar-refractivity contribution is 0.0737. The highest BCUT2D eigenvalue weighted by Crippen LogP contribution is 2.36. The fourth-order valence-corrected chi connectivity index (χ4v) is 2.42. The number of nitrogens with zero attached hydrogens (tertiary/aromatic N) is 4. The summed E-state index contributed by atoms with van der Waals surface area (Å²) in [4.78, 5) is 15.2. The van der Waals surface area contributed by atoms with Crippen molar-refractivity contribution in [3.05, 3.63) is 0 Å². The predicted octanol–water partition coefficient (Wildman–Crippen LogP) is 1.60. The molecule has 0 radical (unpaired) electrons. The Hall–Kier alpha value is -1.63. The van der Waals surface area contributed by atoms with Crippen molar-refractivity contribution in [2.45, 2.75) is 38.1 Å². The van der Waals surface area contributed by atoms with E-state index in [4.69, 9.17) is 4.74 Å². The molecule has 1 aliphatic rings. The largest absolute Gasteiger partial charge is 0.463 e. The van der Waals surface area contributed by atoms with Crippen molar-refractivity contribution < 1.29 is 4.74 Å². The van der Waals surface area contributed by atoms with Gasteiger partial charge < -0.3 is 20.3 Å². The summed E-state index contributed by atoms with van der Waals surface area (Å²) in [6, 6.07) is 0.367. The van der Waals surface area contributed by atoms with Gasteiger partial charge in [-0.1, -0.05) is 6.92 Å². The van der Waals surface area contributed by atoms with E-state index in [9.17, 15) is 0 Å². The van der Waals surface area contributed by atoms with Gasteiger partial charge in [0.1, 0.15) is 0 Å². The zero-order valence-corrected chi connectivity index (χ0v) is 13.4. The van der Waals surface area contributed by atoms with E-state index in [1.165, 1.54) is 19.3 Å². The van der Waals surface area contributed by atoms with E-state index in [1.807, 2.05) is 0 Å². The summed E-state index contributed by atoms with van der Waals surface area (Å²) in [7, 11) is 6.04. The maximum atomic E-state index is 5.51. The Labute approximate surface area is 126 Å². The first-order valence-corrected chi connectivity index (χ1v) is 7.57. The normalized spacial score (nSPS) is 16.4. The molecule has 1 aromatic rings. The third-order valence-corrected chi connectivity index (χ3v) is 4.08. The number of ether oxygens (including phenoxy) is 1. The van der Waals surface area contributed by atoms with Crippen LogP contribution in [0, 0.1) is 0 Å². The number of likely N-dealkylation sites (N-methyl/N-ethyl adjacent to an activating group) is 1. The highest BCUT2D eigenvalue weighted by molar-refractivity contribution is 5.36. The van der Waals surface area contributed by atoms with Gasteiger partial charge in [-0.15, -0.1) is 0 Å². The van der Waals surface area contributed by atoms with Crippen LogP contribution in [-0.4, -0.2) is 59.7 Å². The zero-order valence-electron chi connectivity index (χ0n) is 13.4. The van der Waals surface area contributed by atoms with Crippen LogP contribution in [0.25, 0.3) is 0 Å². The van der Waals surface area contributed by atoms with E-state index >= 15 is 0 Å². The van der Waals surface area contributed by atoms with Gasteiger partial charge in [0.15, 0.2) is 0 Å². The molecule has 1 heterocycles. The number of hydrogen-bond acceptors (Lipinski definition) is 7. The molecule has 2 rings (SSSR count). The molecular formula is C14H26N6O. The van der Waals surface area contributed by atoms with Gasteiger partial charge in [-0.05, 0) is 39.8 Å². The lowest BCUT2D eigenvalue weighted by Gasteiger charge is -2.47. The van der Waals surface area contributed by atoms with Gasteiger partial charge in [-0.25, -0.2) is 0 Å². The minimum Gasteiger partial charge on any atom is -0.463 e. The monoisotopic (exact) mass is 294 g/mol. The molecule has 0 saturated heterocycles. The number of aromatic nitrogens is 3. The van der Waals surface area contributed by atoms with Gasteiger partial charge in [0, 0.05) is 19.1 Å². The number of nitrogens with one attached hydrogen (secondary N) is 2. The molecule has 7 nitrogen and oxygen atoms in total. The molecule has 0 atom stereocenters. The molecule has 0 bridgehead atoms. The van der Waals surface area contributed by atoms with Crippen molar-refractivity contribution in [3.63, 3.8) is 0 Å². The lowest BCUT2D eigenvalue weighted by atomic mass is 9.75. The Morgan fingerprint density at radius 3 is 2.43 bits per heavy atom. The molecule has 1 saturated carbocycles. The van der Waals surface area contributed by atoms with Gasteiger partial charge in [-0.3, -0.25) is 0 Å². The molecule has 0 spiro atoms. The SMILES string of the molecule is CCCOc1nc(NC)nc(NCC2(N(C)C)CCC2)n1. The van der Waals surface area contributed by atoms with E-state index in [2.05, 4.69) is 51.5 Å². The molecule has 0 amide bonds. The van der Waals surface area contributed by atoms with Crippen LogP contribution in [-0.2, 0) is 0 Å². The van der Waals surface area contributed by atoms with Crippen LogP contribution >= 0.6 is 0 Å². The first-order chi connectivity index (χ1) is 10.1. The number of rotatable bonds is 8. The van der Waals surface area contributed by atoms with Crippen molar-refractivity contribution in [2.24, 2.45) is 0 Å². The first-order valence-electron chi connectivity index (χ1n) is 7.57. The summed E-state index contributed by atoms with van der Waals surface area (Å²) >= 11 is 0. The van der Waals surface area contributed by atoms with Crippen LogP contribution in [0.15, 0.2) is 0 Å². The van der Waals surface area contributed by atoms with Crippen LogP contribution < -0.4 is 15.4 Å². The molecule has 0 unspecified atom stereocenters. The van der Waals surface area contributed by atoms with Gasteiger partial charge in [0.05, 0.1) is 6.61 Å². The van der Waals surface area contributed by atoms with Gasteiger partial charge in [0.2, 0.25) is 11.9 Å². The number of anilines is 2. The molecule has 0 aromatic carbocycles. The third kappa shape index (κ3) is 3.72. The molecule has 2 N–H and O–H groups in total. The highest BCUT2D eigenvalue weighted by atomic mass is 16.5. The van der Waals surface area contributed by atoms with Gasteiger partial charge in [-0.2, -0.15) is 15.0 Å². The number of hydrogen-bond donors (Lipinski definition) is 2. The maximum Gasteiger partial charge on any atom is 0.323 e. The second kappa shape index (κ2) is 6.89. The molecule has 0 aliphatic heterocycles. The molecule has 1 fully saturated rings. The molecule has 1 aromatic heterocycles. The van der Waals surface area contributed by atoms with E-state index in [0.29, 0.717) is 24.5 Å². The Morgan fingerprint density at radius 1 is 1.19 bits per heavy atom. The van der Waals surface area contributed by atoms with Crippen LogP contribution in [0.4, 0.5) is 11.9 Å². The molecule has 118 valence electrons. The minimum atomic E-state index is 0.219. The second-order valence-electron chi connectivity index (χ2n) is 5.69. The van der Waals surface area contributed by atoms with Crippen LogP contribution in [0.1, 0.15) is 32.6 Å². The Kier molecular flexibility index (Phi) is 5.17. The Balaban J connectivity index is 2.04. The summed E-state index contributed by atoms with van der Waals surface area (Å²) in [5.41, 5.74) is 0.219. The van der Waals surface area contributed by atoms with Gasteiger partial charge >= 0.3 is 6.01 Å². The van der Waals surface area contributed by atoms with Crippen molar-refractivity contribution in [2.75, 3.05) is 44.9 Å². The molecule has 21 heavy (non-hydrogen) atoms. The summed E-state index contributed by atoms with van der Waals surface area (Å²) in [5.74, 6) is 1.08. The first kappa shape index (κ1) is 15.8. The quantitative estimate of drug-likeness (QED) is 0.754. The third-order valence-electron chi connectivity index (χ3n) is 4.08. The highest BCUT2D eigenvalue weighted by Gasteiger charge is 2.38.